The van der Waals surface area contributed by atoms with E-state index in [1.54, 1.807) is 12.1 Å². The maximum absolute atomic E-state index is 10.8. The van der Waals surface area contributed by atoms with Crippen molar-refractivity contribution >= 4 is 0 Å². The Morgan fingerprint density at radius 2 is 1.92 bits per heavy atom. The van der Waals surface area contributed by atoms with Crippen molar-refractivity contribution in [2.45, 2.75) is 13.0 Å². The number of nitrogens with zero attached hydrogens (tertiary/aromatic N) is 2. The second-order valence-corrected chi connectivity index (χ2v) is 3.43. The Morgan fingerprint density at radius 1 is 1.31 bits per heavy atom. The lowest BCUT2D eigenvalue weighted by atomic mass is 10.4. The van der Waals surface area contributed by atoms with Gasteiger partial charge >= 0.3 is 0 Å². The van der Waals surface area contributed by atoms with Gasteiger partial charge in [-0.05, 0) is 27.1 Å². The SMILES string of the molecule is CN(C)CCCn1ccc(=O)cc1. The minimum Gasteiger partial charge on any atom is -0.354 e. The van der Waals surface area contributed by atoms with E-state index in [4.69, 9.17) is 0 Å². The van der Waals surface area contributed by atoms with Gasteiger partial charge in [-0.25, -0.2) is 0 Å². The summed E-state index contributed by atoms with van der Waals surface area (Å²) in [6.07, 6.45) is 4.77. The van der Waals surface area contributed by atoms with Crippen LogP contribution >= 0.6 is 0 Å². The van der Waals surface area contributed by atoms with Crippen molar-refractivity contribution < 1.29 is 0 Å². The van der Waals surface area contributed by atoms with E-state index in [1.807, 2.05) is 17.0 Å². The molecule has 1 rings (SSSR count). The van der Waals surface area contributed by atoms with Gasteiger partial charge in [0.25, 0.3) is 0 Å². The van der Waals surface area contributed by atoms with Gasteiger partial charge in [0, 0.05) is 31.1 Å². The van der Waals surface area contributed by atoms with Crippen LogP contribution in [0.4, 0.5) is 0 Å². The molecule has 0 fully saturated rings. The Kier molecular flexibility index (Phi) is 3.71. The summed E-state index contributed by atoms with van der Waals surface area (Å²) in [5, 5.41) is 0. The fourth-order valence-corrected chi connectivity index (χ4v) is 1.16. The summed E-state index contributed by atoms with van der Waals surface area (Å²) in [6, 6.07) is 3.19. The first-order chi connectivity index (χ1) is 6.18. The molecule has 1 aromatic heterocycles. The van der Waals surface area contributed by atoms with Crippen LogP contribution < -0.4 is 5.43 Å². The molecule has 0 saturated heterocycles. The van der Waals surface area contributed by atoms with E-state index in [1.165, 1.54) is 0 Å². The summed E-state index contributed by atoms with van der Waals surface area (Å²) in [6.45, 7) is 2.05. The minimum absolute atomic E-state index is 0.0730. The van der Waals surface area contributed by atoms with E-state index in [-0.39, 0.29) is 5.43 Å². The molecule has 0 aliphatic heterocycles. The van der Waals surface area contributed by atoms with E-state index >= 15 is 0 Å². The molecule has 0 aliphatic carbocycles. The predicted octanol–water partition coefficient (Wildman–Crippen LogP) is 0.800. The summed E-state index contributed by atoms with van der Waals surface area (Å²) in [5.74, 6) is 0. The third-order valence-electron chi connectivity index (χ3n) is 1.88. The van der Waals surface area contributed by atoms with Crippen LogP contribution in [0.1, 0.15) is 6.42 Å². The van der Waals surface area contributed by atoms with Crippen LogP contribution in [-0.2, 0) is 6.54 Å². The van der Waals surface area contributed by atoms with Crippen molar-refractivity contribution in [3.05, 3.63) is 34.7 Å². The minimum atomic E-state index is 0.0730. The number of pyridine rings is 1. The van der Waals surface area contributed by atoms with E-state index in [0.717, 1.165) is 19.5 Å². The normalized spacial score (nSPS) is 10.7. The van der Waals surface area contributed by atoms with E-state index in [0.29, 0.717) is 0 Å². The van der Waals surface area contributed by atoms with Gasteiger partial charge in [-0.1, -0.05) is 0 Å². The van der Waals surface area contributed by atoms with Crippen molar-refractivity contribution in [2.24, 2.45) is 0 Å². The zero-order valence-electron chi connectivity index (χ0n) is 8.23. The summed E-state index contributed by atoms with van der Waals surface area (Å²) in [4.78, 5) is 12.9. The highest BCUT2D eigenvalue weighted by molar-refractivity contribution is 4.93. The van der Waals surface area contributed by atoms with Gasteiger partial charge in [0.1, 0.15) is 0 Å². The molecule has 0 aliphatic rings. The third-order valence-corrected chi connectivity index (χ3v) is 1.88. The van der Waals surface area contributed by atoms with E-state index in [2.05, 4.69) is 19.0 Å². The van der Waals surface area contributed by atoms with Gasteiger partial charge in [0.05, 0.1) is 0 Å². The molecule has 3 nitrogen and oxygen atoms in total. The number of aromatic nitrogens is 1. The lowest BCUT2D eigenvalue weighted by Gasteiger charge is -2.10. The second-order valence-electron chi connectivity index (χ2n) is 3.43. The molecule has 0 aromatic carbocycles. The third kappa shape index (κ3) is 3.90. The molecule has 0 unspecified atom stereocenters. The highest BCUT2D eigenvalue weighted by atomic mass is 16.1. The Labute approximate surface area is 78.6 Å². The fraction of sp³-hybridized carbons (Fsp3) is 0.500. The van der Waals surface area contributed by atoms with Gasteiger partial charge < -0.3 is 9.47 Å². The highest BCUT2D eigenvalue weighted by Gasteiger charge is 1.91. The number of aryl methyl sites for hydroxylation is 1. The monoisotopic (exact) mass is 180 g/mol. The zero-order chi connectivity index (χ0) is 9.68. The number of hydrogen-bond donors (Lipinski definition) is 0. The zero-order valence-corrected chi connectivity index (χ0v) is 8.23. The predicted molar refractivity (Wildman–Crippen MR) is 53.9 cm³/mol. The number of rotatable bonds is 4. The standard InChI is InChI=1S/C10H16N2O/c1-11(2)6-3-7-12-8-4-10(13)5-9-12/h4-5,8-9H,3,6-7H2,1-2H3. The maximum Gasteiger partial charge on any atom is 0.181 e. The average Bonchev–Trinajstić information content (AvgIpc) is 2.08. The first-order valence-corrected chi connectivity index (χ1v) is 4.49. The molecule has 13 heavy (non-hydrogen) atoms. The molecule has 72 valence electrons. The van der Waals surface area contributed by atoms with Crippen molar-refractivity contribution in [1.82, 2.24) is 9.47 Å². The first-order valence-electron chi connectivity index (χ1n) is 4.49. The van der Waals surface area contributed by atoms with Gasteiger partial charge in [0.2, 0.25) is 0 Å². The lowest BCUT2D eigenvalue weighted by molar-refractivity contribution is 0.386. The number of hydrogen-bond acceptors (Lipinski definition) is 2. The quantitative estimate of drug-likeness (QED) is 0.684. The molecular formula is C10H16N2O. The molecule has 0 spiro atoms. The largest absolute Gasteiger partial charge is 0.354 e. The van der Waals surface area contributed by atoms with E-state index in [9.17, 15) is 4.79 Å². The molecule has 1 heterocycles. The molecule has 0 saturated carbocycles. The summed E-state index contributed by atoms with van der Waals surface area (Å²) < 4.78 is 2.03. The van der Waals surface area contributed by atoms with Crippen LogP contribution in [0.2, 0.25) is 0 Å². The highest BCUT2D eigenvalue weighted by Crippen LogP contribution is 1.90. The van der Waals surface area contributed by atoms with Crippen LogP contribution in [0.15, 0.2) is 29.3 Å². The summed E-state index contributed by atoms with van der Waals surface area (Å²) in [7, 11) is 4.12. The van der Waals surface area contributed by atoms with Gasteiger partial charge in [-0.2, -0.15) is 0 Å². The Bertz CT molecular complexity index is 284. The Morgan fingerprint density at radius 3 is 2.46 bits per heavy atom. The van der Waals surface area contributed by atoms with Crippen molar-refractivity contribution in [3.63, 3.8) is 0 Å². The molecule has 0 amide bonds. The molecular weight excluding hydrogens is 164 g/mol. The molecule has 0 radical (unpaired) electrons. The maximum atomic E-state index is 10.8. The molecule has 3 heteroatoms. The first kappa shape index (κ1) is 9.99. The second kappa shape index (κ2) is 4.82. The topological polar surface area (TPSA) is 25.2 Å². The molecule has 0 bridgehead atoms. The van der Waals surface area contributed by atoms with Crippen molar-refractivity contribution in [2.75, 3.05) is 20.6 Å². The molecule has 1 aromatic rings. The Balaban J connectivity index is 2.37. The van der Waals surface area contributed by atoms with Crippen LogP contribution in [0.3, 0.4) is 0 Å². The van der Waals surface area contributed by atoms with Crippen LogP contribution in [0.5, 0.6) is 0 Å². The van der Waals surface area contributed by atoms with Crippen molar-refractivity contribution in [3.8, 4) is 0 Å². The lowest BCUT2D eigenvalue weighted by Crippen LogP contribution is -2.15. The van der Waals surface area contributed by atoms with Crippen LogP contribution in [-0.4, -0.2) is 30.1 Å². The van der Waals surface area contributed by atoms with Crippen LogP contribution in [0, 0.1) is 0 Å². The smallest absolute Gasteiger partial charge is 0.181 e. The van der Waals surface area contributed by atoms with Crippen LogP contribution in [0.25, 0.3) is 0 Å². The van der Waals surface area contributed by atoms with Crippen molar-refractivity contribution in [1.29, 1.82) is 0 Å². The van der Waals surface area contributed by atoms with Gasteiger partial charge in [-0.15, -0.1) is 0 Å². The molecule has 0 atom stereocenters. The van der Waals surface area contributed by atoms with E-state index < -0.39 is 0 Å². The molecule has 0 N–H and O–H groups in total. The Hall–Kier alpha value is -1.09. The van der Waals surface area contributed by atoms with Gasteiger partial charge in [0.15, 0.2) is 5.43 Å². The average molecular weight is 180 g/mol. The van der Waals surface area contributed by atoms with Gasteiger partial charge in [-0.3, -0.25) is 4.79 Å². The summed E-state index contributed by atoms with van der Waals surface area (Å²) in [5.41, 5.74) is 0.0730. The summed E-state index contributed by atoms with van der Waals surface area (Å²) >= 11 is 0. The fourth-order valence-electron chi connectivity index (χ4n) is 1.16.